The van der Waals surface area contributed by atoms with Gasteiger partial charge in [-0.2, -0.15) is 16.8 Å². The van der Waals surface area contributed by atoms with Crippen LogP contribution in [0.5, 0.6) is 0 Å². The molecule has 0 saturated heterocycles. The number of benzene rings is 2. The van der Waals surface area contributed by atoms with Crippen LogP contribution < -0.4 is 11.5 Å². The molecule has 2 aromatic carbocycles. The minimum Gasteiger partial charge on any atom is -0.398 e. The second kappa shape index (κ2) is 6.40. The number of hydrogen-bond donors (Lipinski definition) is 4. The summed E-state index contributed by atoms with van der Waals surface area (Å²) in [5.41, 5.74) is 13.3. The van der Waals surface area contributed by atoms with Crippen molar-refractivity contribution in [3.05, 3.63) is 47.5 Å². The second-order valence-electron chi connectivity index (χ2n) is 5.28. The van der Waals surface area contributed by atoms with E-state index in [0.29, 0.717) is 11.1 Å². The average molecular weight is 372 g/mol. The molecule has 0 radical (unpaired) electrons. The van der Waals surface area contributed by atoms with Crippen LogP contribution in [0, 0.1) is 0 Å². The van der Waals surface area contributed by atoms with Gasteiger partial charge in [0.25, 0.3) is 20.2 Å². The molecule has 24 heavy (non-hydrogen) atoms. The summed E-state index contributed by atoms with van der Waals surface area (Å²) in [7, 11) is -8.50. The van der Waals surface area contributed by atoms with E-state index >= 15 is 0 Å². The summed E-state index contributed by atoms with van der Waals surface area (Å²) in [4.78, 5) is 0. The van der Waals surface area contributed by atoms with Crippen LogP contribution >= 0.6 is 0 Å². The normalized spacial score (nSPS) is 12.2. The van der Waals surface area contributed by atoms with Crippen LogP contribution in [0.1, 0.15) is 11.1 Å². The quantitative estimate of drug-likeness (QED) is 0.451. The smallest absolute Gasteiger partial charge is 0.269 e. The Bertz CT molecular complexity index is 903. The van der Waals surface area contributed by atoms with Crippen molar-refractivity contribution >= 4 is 31.6 Å². The lowest BCUT2D eigenvalue weighted by atomic mass is 10.00. The topological polar surface area (TPSA) is 161 Å². The van der Waals surface area contributed by atoms with Gasteiger partial charge in [0.2, 0.25) is 0 Å². The third-order valence-corrected chi connectivity index (χ3v) is 4.65. The van der Waals surface area contributed by atoms with E-state index in [-0.39, 0.29) is 22.5 Å². The molecule has 0 unspecified atom stereocenters. The Morgan fingerprint density at radius 3 is 1.33 bits per heavy atom. The van der Waals surface area contributed by atoms with E-state index in [1.807, 2.05) is 0 Å². The average Bonchev–Trinajstić information content (AvgIpc) is 2.41. The lowest BCUT2D eigenvalue weighted by Gasteiger charge is -2.10. The summed E-state index contributed by atoms with van der Waals surface area (Å²) >= 11 is 0. The molecule has 0 heterocycles. The van der Waals surface area contributed by atoms with Crippen LogP contribution in [0.25, 0.3) is 11.1 Å². The molecule has 0 saturated carbocycles. The number of nitrogens with two attached hydrogens (primary N) is 2. The second-order valence-corrected chi connectivity index (χ2v) is 8.18. The maximum absolute atomic E-state index is 11.0. The zero-order chi connectivity index (χ0) is 18.1. The van der Waals surface area contributed by atoms with Gasteiger partial charge in [-0.05, 0) is 46.5 Å². The Balaban J connectivity index is 2.49. The Morgan fingerprint density at radius 1 is 0.708 bits per heavy atom. The molecule has 2 aromatic rings. The summed E-state index contributed by atoms with van der Waals surface area (Å²) in [5.74, 6) is -1.28. The molecule has 0 aliphatic heterocycles. The van der Waals surface area contributed by atoms with Crippen LogP contribution in [0.2, 0.25) is 0 Å². The molecule has 0 amide bonds. The van der Waals surface area contributed by atoms with Crippen molar-refractivity contribution in [2.75, 3.05) is 11.5 Å². The van der Waals surface area contributed by atoms with Gasteiger partial charge in [0.15, 0.2) is 0 Å². The minimum absolute atomic E-state index is 0.199. The van der Waals surface area contributed by atoms with Crippen LogP contribution in [0.15, 0.2) is 36.4 Å². The predicted octanol–water partition coefficient (Wildman–Crippen LogP) is 1.29. The number of hydrogen-bond acceptors (Lipinski definition) is 6. The van der Waals surface area contributed by atoms with Gasteiger partial charge < -0.3 is 11.5 Å². The Morgan fingerprint density at radius 2 is 1.04 bits per heavy atom. The van der Waals surface area contributed by atoms with Gasteiger partial charge in [-0.25, -0.2) is 0 Å². The fraction of sp³-hybridized carbons (Fsp3) is 0.143. The lowest BCUT2D eigenvalue weighted by molar-refractivity contribution is 0.480. The molecule has 6 N–H and O–H groups in total. The van der Waals surface area contributed by atoms with Crippen molar-refractivity contribution in [1.82, 2.24) is 0 Å². The molecule has 0 aromatic heterocycles. The standard InChI is InChI=1S/C14H16N2O6S2/c15-13-3-1-9(5-11(13)7-23(17,18)19)10-2-4-14(16)12(6-10)8-24(20,21)22/h1-6H,7-8,15-16H2,(H,17,18,19)(H,20,21,22). The molecule has 0 atom stereocenters. The van der Waals surface area contributed by atoms with E-state index in [2.05, 4.69) is 0 Å². The van der Waals surface area contributed by atoms with Crippen molar-refractivity contribution in [2.24, 2.45) is 0 Å². The van der Waals surface area contributed by atoms with Crippen molar-refractivity contribution in [3.63, 3.8) is 0 Å². The molecular weight excluding hydrogens is 356 g/mol. The molecule has 0 aliphatic rings. The first kappa shape index (κ1) is 18.2. The van der Waals surface area contributed by atoms with Crippen LogP contribution in [0.4, 0.5) is 11.4 Å². The predicted molar refractivity (Wildman–Crippen MR) is 91.2 cm³/mol. The third-order valence-electron chi connectivity index (χ3n) is 3.30. The fourth-order valence-corrected chi connectivity index (χ4v) is 3.50. The molecular formula is C14H16N2O6S2. The minimum atomic E-state index is -4.25. The van der Waals surface area contributed by atoms with E-state index in [1.165, 1.54) is 24.3 Å². The molecule has 10 heteroatoms. The lowest BCUT2D eigenvalue weighted by Crippen LogP contribution is -2.06. The Labute approximate surface area is 139 Å². The molecule has 0 bridgehead atoms. The van der Waals surface area contributed by atoms with E-state index in [9.17, 15) is 16.8 Å². The molecule has 130 valence electrons. The summed E-state index contributed by atoms with van der Waals surface area (Å²) in [6, 6.07) is 9.15. The first-order valence-corrected chi connectivity index (χ1v) is 9.84. The van der Waals surface area contributed by atoms with E-state index in [1.54, 1.807) is 12.1 Å². The SMILES string of the molecule is Nc1ccc(-c2ccc(N)c(CS(=O)(=O)O)c2)cc1CS(=O)(=O)O. The number of nitrogen functional groups attached to an aromatic ring is 2. The van der Waals surface area contributed by atoms with Gasteiger partial charge in [-0.3, -0.25) is 9.11 Å². The fourth-order valence-electron chi connectivity index (χ4n) is 2.21. The maximum Gasteiger partial charge on any atom is 0.269 e. The summed E-state index contributed by atoms with van der Waals surface area (Å²) in [6.07, 6.45) is 0. The third kappa shape index (κ3) is 4.93. The van der Waals surface area contributed by atoms with Gasteiger partial charge in [-0.15, -0.1) is 0 Å². The number of anilines is 2. The summed E-state index contributed by atoms with van der Waals surface area (Å²) in [6.45, 7) is 0. The number of rotatable bonds is 5. The van der Waals surface area contributed by atoms with Crippen molar-refractivity contribution in [3.8, 4) is 11.1 Å². The monoisotopic (exact) mass is 372 g/mol. The maximum atomic E-state index is 11.0. The first-order chi connectivity index (χ1) is 10.9. The molecule has 2 rings (SSSR count). The van der Waals surface area contributed by atoms with Crippen molar-refractivity contribution in [2.45, 2.75) is 11.5 Å². The summed E-state index contributed by atoms with van der Waals surface area (Å²) < 4.78 is 62.1. The highest BCUT2D eigenvalue weighted by Crippen LogP contribution is 2.28. The first-order valence-electron chi connectivity index (χ1n) is 6.62. The largest absolute Gasteiger partial charge is 0.398 e. The molecule has 0 aliphatic carbocycles. The summed E-state index contributed by atoms with van der Waals surface area (Å²) in [5, 5.41) is 0. The zero-order valence-electron chi connectivity index (χ0n) is 12.4. The van der Waals surface area contributed by atoms with Crippen LogP contribution in [0.3, 0.4) is 0 Å². The van der Waals surface area contributed by atoms with Crippen LogP contribution in [-0.2, 0) is 31.7 Å². The van der Waals surface area contributed by atoms with E-state index in [4.69, 9.17) is 20.6 Å². The van der Waals surface area contributed by atoms with Gasteiger partial charge in [-0.1, -0.05) is 12.1 Å². The highest BCUT2D eigenvalue weighted by atomic mass is 32.2. The van der Waals surface area contributed by atoms with E-state index < -0.39 is 31.7 Å². The molecule has 0 spiro atoms. The van der Waals surface area contributed by atoms with Gasteiger partial charge in [0.1, 0.15) is 11.5 Å². The van der Waals surface area contributed by atoms with E-state index in [0.717, 1.165) is 0 Å². The molecule has 8 nitrogen and oxygen atoms in total. The Kier molecular flexibility index (Phi) is 4.85. The zero-order valence-corrected chi connectivity index (χ0v) is 14.0. The highest BCUT2D eigenvalue weighted by molar-refractivity contribution is 7.85. The van der Waals surface area contributed by atoms with Gasteiger partial charge >= 0.3 is 0 Å². The van der Waals surface area contributed by atoms with Crippen molar-refractivity contribution in [1.29, 1.82) is 0 Å². The van der Waals surface area contributed by atoms with Gasteiger partial charge in [0.05, 0.1) is 0 Å². The van der Waals surface area contributed by atoms with Crippen LogP contribution in [-0.4, -0.2) is 25.9 Å². The molecule has 0 fully saturated rings. The van der Waals surface area contributed by atoms with Crippen molar-refractivity contribution < 1.29 is 25.9 Å². The Hall–Kier alpha value is -2.14. The highest BCUT2D eigenvalue weighted by Gasteiger charge is 2.14. The van der Waals surface area contributed by atoms with Gasteiger partial charge in [0, 0.05) is 11.4 Å².